The van der Waals surface area contributed by atoms with Crippen molar-refractivity contribution in [3.05, 3.63) is 48.3 Å². The van der Waals surface area contributed by atoms with Crippen LogP contribution in [0.25, 0.3) is 10.9 Å². The number of carbonyl (C=O) groups is 1. The van der Waals surface area contributed by atoms with E-state index in [-0.39, 0.29) is 5.75 Å². The van der Waals surface area contributed by atoms with E-state index in [2.05, 4.69) is 20.6 Å². The molecule has 0 aliphatic heterocycles. The van der Waals surface area contributed by atoms with Crippen LogP contribution in [0, 0.1) is 0 Å². The fraction of sp³-hybridized carbons (Fsp3) is 0.118. The molecule has 24 heavy (non-hydrogen) atoms. The predicted octanol–water partition coefficient (Wildman–Crippen LogP) is 2.33. The third-order valence-corrected chi connectivity index (χ3v) is 3.58. The molecule has 0 aliphatic rings. The molecule has 0 atom stereocenters. The maximum absolute atomic E-state index is 10.5. The molecule has 0 aliphatic carbocycles. The zero-order valence-electron chi connectivity index (χ0n) is 13.0. The van der Waals surface area contributed by atoms with Crippen LogP contribution in [-0.2, 0) is 11.3 Å². The standard InChI is InChI=1S/C17H16N4O3/c1-24-16-7-14-12(6-15(16)23)17(20-9-19-14)21-13-5-3-2-4-11(13)8-18-10-22/h2-7,9-10,23H,8H2,1H3,(H,18,22)(H,19,20,21). The van der Waals surface area contributed by atoms with E-state index in [0.717, 1.165) is 11.3 Å². The molecule has 3 N–H and O–H groups in total. The molecule has 1 amide bonds. The minimum Gasteiger partial charge on any atom is -0.504 e. The Kier molecular flexibility index (Phi) is 4.42. The van der Waals surface area contributed by atoms with Crippen LogP contribution >= 0.6 is 0 Å². The van der Waals surface area contributed by atoms with Crippen LogP contribution in [0.3, 0.4) is 0 Å². The molecule has 7 heteroatoms. The van der Waals surface area contributed by atoms with E-state index in [1.807, 2.05) is 24.3 Å². The first-order valence-corrected chi connectivity index (χ1v) is 7.26. The Bertz CT molecular complexity index is 883. The molecule has 122 valence electrons. The highest BCUT2D eigenvalue weighted by Crippen LogP contribution is 2.33. The summed E-state index contributed by atoms with van der Waals surface area (Å²) >= 11 is 0. The van der Waals surface area contributed by atoms with E-state index >= 15 is 0 Å². The molecule has 1 aromatic heterocycles. The Balaban J connectivity index is 2.02. The van der Waals surface area contributed by atoms with Crippen LogP contribution < -0.4 is 15.4 Å². The quantitative estimate of drug-likeness (QED) is 0.602. The van der Waals surface area contributed by atoms with Gasteiger partial charge in [-0.1, -0.05) is 18.2 Å². The molecule has 0 radical (unpaired) electrons. The number of benzene rings is 2. The van der Waals surface area contributed by atoms with Crippen molar-refractivity contribution < 1.29 is 14.6 Å². The van der Waals surface area contributed by atoms with Crippen LogP contribution in [0.1, 0.15) is 5.56 Å². The van der Waals surface area contributed by atoms with Crippen molar-refractivity contribution in [3.8, 4) is 11.5 Å². The normalized spacial score (nSPS) is 10.4. The lowest BCUT2D eigenvalue weighted by Gasteiger charge is -2.13. The van der Waals surface area contributed by atoms with Crippen molar-refractivity contribution >= 4 is 28.8 Å². The molecule has 3 rings (SSSR count). The van der Waals surface area contributed by atoms with Crippen molar-refractivity contribution in [3.63, 3.8) is 0 Å². The highest BCUT2D eigenvalue weighted by Gasteiger charge is 2.11. The third kappa shape index (κ3) is 3.05. The lowest BCUT2D eigenvalue weighted by Crippen LogP contribution is -2.11. The van der Waals surface area contributed by atoms with Crippen LogP contribution in [-0.4, -0.2) is 28.6 Å². The summed E-state index contributed by atoms with van der Waals surface area (Å²) in [6.07, 6.45) is 2.09. The molecule has 0 saturated heterocycles. The number of phenolic OH excluding ortho intramolecular Hbond substituents is 1. The summed E-state index contributed by atoms with van der Waals surface area (Å²) in [6, 6.07) is 10.8. The minimum atomic E-state index is 0.0127. The molecule has 0 unspecified atom stereocenters. The topological polar surface area (TPSA) is 96.4 Å². The zero-order valence-corrected chi connectivity index (χ0v) is 13.0. The largest absolute Gasteiger partial charge is 0.504 e. The maximum atomic E-state index is 10.5. The van der Waals surface area contributed by atoms with Crippen molar-refractivity contribution in [2.45, 2.75) is 6.54 Å². The van der Waals surface area contributed by atoms with Gasteiger partial charge in [0.2, 0.25) is 6.41 Å². The van der Waals surface area contributed by atoms with Gasteiger partial charge in [0.25, 0.3) is 0 Å². The molecular formula is C17H16N4O3. The number of amides is 1. The van der Waals surface area contributed by atoms with Gasteiger partial charge in [0.1, 0.15) is 12.1 Å². The number of ether oxygens (including phenoxy) is 1. The van der Waals surface area contributed by atoms with Gasteiger partial charge >= 0.3 is 0 Å². The number of para-hydroxylation sites is 1. The molecule has 2 aromatic carbocycles. The Morgan fingerprint density at radius 1 is 1.25 bits per heavy atom. The van der Waals surface area contributed by atoms with Crippen molar-refractivity contribution in [1.82, 2.24) is 15.3 Å². The number of aromatic hydroxyl groups is 1. The van der Waals surface area contributed by atoms with Gasteiger partial charge in [-0.3, -0.25) is 4.79 Å². The second-order valence-electron chi connectivity index (χ2n) is 5.04. The van der Waals surface area contributed by atoms with Gasteiger partial charge in [0.15, 0.2) is 11.5 Å². The van der Waals surface area contributed by atoms with E-state index in [1.165, 1.54) is 13.4 Å². The molecule has 7 nitrogen and oxygen atoms in total. The van der Waals surface area contributed by atoms with Gasteiger partial charge in [-0.25, -0.2) is 9.97 Å². The maximum Gasteiger partial charge on any atom is 0.207 e. The van der Waals surface area contributed by atoms with Gasteiger partial charge in [-0.05, 0) is 17.7 Å². The number of carbonyl (C=O) groups excluding carboxylic acids is 1. The second-order valence-corrected chi connectivity index (χ2v) is 5.04. The van der Waals surface area contributed by atoms with Gasteiger partial charge in [-0.2, -0.15) is 0 Å². The highest BCUT2D eigenvalue weighted by atomic mass is 16.5. The van der Waals surface area contributed by atoms with Gasteiger partial charge < -0.3 is 20.5 Å². The highest BCUT2D eigenvalue weighted by molar-refractivity contribution is 5.93. The predicted molar refractivity (Wildman–Crippen MR) is 90.4 cm³/mol. The molecule has 1 heterocycles. The Labute approximate surface area is 138 Å². The van der Waals surface area contributed by atoms with E-state index < -0.39 is 0 Å². The minimum absolute atomic E-state index is 0.0127. The number of hydrogen-bond acceptors (Lipinski definition) is 6. The number of anilines is 2. The third-order valence-electron chi connectivity index (χ3n) is 3.58. The molecule has 3 aromatic rings. The summed E-state index contributed by atoms with van der Waals surface area (Å²) in [6.45, 7) is 0.398. The van der Waals surface area contributed by atoms with Gasteiger partial charge in [-0.15, -0.1) is 0 Å². The summed E-state index contributed by atoms with van der Waals surface area (Å²) < 4.78 is 5.10. The van der Waals surface area contributed by atoms with E-state index in [0.29, 0.717) is 35.4 Å². The number of nitrogens with zero attached hydrogens (tertiary/aromatic N) is 2. The molecule has 0 spiro atoms. The first-order chi connectivity index (χ1) is 11.7. The lowest BCUT2D eigenvalue weighted by molar-refractivity contribution is -0.109. The molecule has 0 bridgehead atoms. The monoisotopic (exact) mass is 324 g/mol. The smallest absolute Gasteiger partial charge is 0.207 e. The Morgan fingerprint density at radius 3 is 2.88 bits per heavy atom. The SMILES string of the molecule is COc1cc2ncnc(Nc3ccccc3CNC=O)c2cc1O. The van der Waals surface area contributed by atoms with Crippen LogP contribution in [0.4, 0.5) is 11.5 Å². The van der Waals surface area contributed by atoms with Crippen molar-refractivity contribution in [1.29, 1.82) is 0 Å². The number of hydrogen-bond donors (Lipinski definition) is 3. The first-order valence-electron chi connectivity index (χ1n) is 7.26. The summed E-state index contributed by atoms with van der Waals surface area (Å²) in [5, 5.41) is 16.5. The number of methoxy groups -OCH3 is 1. The van der Waals surface area contributed by atoms with Crippen molar-refractivity contribution in [2.75, 3.05) is 12.4 Å². The number of nitrogens with one attached hydrogen (secondary N) is 2. The molecule has 0 fully saturated rings. The Morgan fingerprint density at radius 2 is 2.08 bits per heavy atom. The number of fused-ring (bicyclic) bond motifs is 1. The fourth-order valence-electron chi connectivity index (χ4n) is 2.41. The first kappa shape index (κ1) is 15.5. The number of phenols is 1. The molecular weight excluding hydrogens is 308 g/mol. The van der Waals surface area contributed by atoms with Crippen LogP contribution in [0.2, 0.25) is 0 Å². The average Bonchev–Trinajstić information content (AvgIpc) is 2.61. The summed E-state index contributed by atoms with van der Waals surface area (Å²) in [4.78, 5) is 19.0. The average molecular weight is 324 g/mol. The number of aromatic nitrogens is 2. The Hall–Kier alpha value is -3.35. The van der Waals surface area contributed by atoms with Gasteiger partial charge in [0, 0.05) is 23.7 Å². The van der Waals surface area contributed by atoms with Crippen LogP contribution in [0.15, 0.2) is 42.7 Å². The van der Waals surface area contributed by atoms with E-state index in [1.54, 1.807) is 12.1 Å². The van der Waals surface area contributed by atoms with Crippen LogP contribution in [0.5, 0.6) is 11.5 Å². The lowest BCUT2D eigenvalue weighted by atomic mass is 10.1. The molecule has 0 saturated carbocycles. The summed E-state index contributed by atoms with van der Waals surface area (Å²) in [5.41, 5.74) is 2.36. The second kappa shape index (κ2) is 6.82. The van der Waals surface area contributed by atoms with E-state index in [4.69, 9.17) is 4.74 Å². The summed E-state index contributed by atoms with van der Waals surface area (Å²) in [7, 11) is 1.48. The zero-order chi connectivity index (χ0) is 16.9. The van der Waals surface area contributed by atoms with Crippen molar-refractivity contribution in [2.24, 2.45) is 0 Å². The van der Waals surface area contributed by atoms with Gasteiger partial charge in [0.05, 0.1) is 12.6 Å². The summed E-state index contributed by atoms with van der Waals surface area (Å²) in [5.74, 6) is 0.915. The number of rotatable bonds is 6. The fourth-order valence-corrected chi connectivity index (χ4v) is 2.41. The van der Waals surface area contributed by atoms with E-state index in [9.17, 15) is 9.90 Å².